The van der Waals surface area contributed by atoms with Crippen molar-refractivity contribution in [2.45, 2.75) is 45.4 Å². The zero-order valence-corrected chi connectivity index (χ0v) is 13.1. The molecule has 0 saturated carbocycles. The molecule has 2 aromatic heterocycles. The highest BCUT2D eigenvalue weighted by molar-refractivity contribution is 7.13. The number of amides is 1. The normalized spacial score (nSPS) is 10.7. The van der Waals surface area contributed by atoms with Crippen molar-refractivity contribution < 1.29 is 9.32 Å². The molecule has 21 heavy (non-hydrogen) atoms. The molecule has 0 saturated heterocycles. The standard InChI is InChI=1S/C15H21N3O2S/c1-2-3-4-5-10-16-13(19)8-9-14-17-15(18-20-14)12-7-6-11-21-12/h6-7,11H,2-5,8-10H2,1H3,(H,16,19). The predicted molar refractivity (Wildman–Crippen MR) is 83.1 cm³/mol. The van der Waals surface area contributed by atoms with E-state index in [1.807, 2.05) is 17.5 Å². The summed E-state index contributed by atoms with van der Waals surface area (Å²) in [4.78, 5) is 17.0. The number of aromatic nitrogens is 2. The van der Waals surface area contributed by atoms with Gasteiger partial charge in [-0.3, -0.25) is 4.79 Å². The van der Waals surface area contributed by atoms with Gasteiger partial charge in [-0.2, -0.15) is 4.98 Å². The molecule has 0 bridgehead atoms. The molecule has 0 fully saturated rings. The van der Waals surface area contributed by atoms with E-state index in [1.54, 1.807) is 11.3 Å². The van der Waals surface area contributed by atoms with Gasteiger partial charge >= 0.3 is 0 Å². The van der Waals surface area contributed by atoms with Gasteiger partial charge in [-0.05, 0) is 17.9 Å². The van der Waals surface area contributed by atoms with Gasteiger partial charge in [-0.1, -0.05) is 37.4 Å². The van der Waals surface area contributed by atoms with Crippen LogP contribution in [0.5, 0.6) is 0 Å². The maximum atomic E-state index is 11.7. The summed E-state index contributed by atoms with van der Waals surface area (Å²) >= 11 is 1.57. The van der Waals surface area contributed by atoms with Crippen molar-refractivity contribution in [3.63, 3.8) is 0 Å². The van der Waals surface area contributed by atoms with Crippen molar-refractivity contribution in [3.8, 4) is 10.7 Å². The molecule has 1 N–H and O–H groups in total. The molecular formula is C15H21N3O2S. The van der Waals surface area contributed by atoms with E-state index in [9.17, 15) is 4.79 Å². The van der Waals surface area contributed by atoms with Crippen LogP contribution >= 0.6 is 11.3 Å². The quantitative estimate of drug-likeness (QED) is 0.721. The third-order valence-electron chi connectivity index (χ3n) is 3.13. The zero-order chi connectivity index (χ0) is 14.9. The SMILES string of the molecule is CCCCCCNC(=O)CCc1nc(-c2cccs2)no1. The van der Waals surface area contributed by atoms with Gasteiger partial charge in [0.15, 0.2) is 0 Å². The van der Waals surface area contributed by atoms with E-state index in [0.29, 0.717) is 24.6 Å². The highest BCUT2D eigenvalue weighted by Gasteiger charge is 2.10. The fourth-order valence-electron chi connectivity index (χ4n) is 1.95. The first-order chi connectivity index (χ1) is 10.3. The average molecular weight is 307 g/mol. The Morgan fingerprint density at radius 1 is 1.38 bits per heavy atom. The molecule has 0 aromatic carbocycles. The first kappa shape index (κ1) is 15.7. The van der Waals surface area contributed by atoms with Crippen LogP contribution in [0.1, 0.15) is 44.9 Å². The minimum Gasteiger partial charge on any atom is -0.356 e. The molecule has 0 unspecified atom stereocenters. The van der Waals surface area contributed by atoms with Crippen molar-refractivity contribution in [1.82, 2.24) is 15.5 Å². The molecule has 2 heterocycles. The first-order valence-corrected chi connectivity index (χ1v) is 8.30. The maximum Gasteiger partial charge on any atom is 0.227 e. The van der Waals surface area contributed by atoms with E-state index in [2.05, 4.69) is 22.4 Å². The minimum atomic E-state index is 0.0439. The number of carbonyl (C=O) groups is 1. The highest BCUT2D eigenvalue weighted by Crippen LogP contribution is 2.21. The van der Waals surface area contributed by atoms with Crippen LogP contribution < -0.4 is 5.32 Å². The van der Waals surface area contributed by atoms with Gasteiger partial charge in [0.1, 0.15) is 0 Å². The number of hydrogen-bond donors (Lipinski definition) is 1. The molecule has 0 aliphatic carbocycles. The summed E-state index contributed by atoms with van der Waals surface area (Å²) in [5.74, 6) is 1.15. The first-order valence-electron chi connectivity index (χ1n) is 7.42. The number of aryl methyl sites for hydroxylation is 1. The van der Waals surface area contributed by atoms with Crippen LogP contribution in [0.4, 0.5) is 0 Å². The molecule has 6 heteroatoms. The molecule has 114 valence electrons. The lowest BCUT2D eigenvalue weighted by atomic mass is 10.2. The Morgan fingerprint density at radius 3 is 3.05 bits per heavy atom. The smallest absolute Gasteiger partial charge is 0.227 e. The molecule has 0 spiro atoms. The third kappa shape index (κ3) is 5.30. The third-order valence-corrected chi connectivity index (χ3v) is 3.99. The second kappa shape index (κ2) is 8.56. The largest absolute Gasteiger partial charge is 0.356 e. The summed E-state index contributed by atoms with van der Waals surface area (Å²) in [6.45, 7) is 2.93. The summed E-state index contributed by atoms with van der Waals surface area (Å²) in [6.07, 6.45) is 5.52. The van der Waals surface area contributed by atoms with Crippen LogP contribution in [0.15, 0.2) is 22.0 Å². The summed E-state index contributed by atoms with van der Waals surface area (Å²) < 4.78 is 5.16. The van der Waals surface area contributed by atoms with Crippen LogP contribution in [0.2, 0.25) is 0 Å². The second-order valence-electron chi connectivity index (χ2n) is 4.90. The van der Waals surface area contributed by atoms with Crippen LogP contribution in [-0.4, -0.2) is 22.6 Å². The molecule has 5 nitrogen and oxygen atoms in total. The van der Waals surface area contributed by atoms with E-state index < -0.39 is 0 Å². The fraction of sp³-hybridized carbons (Fsp3) is 0.533. The van der Waals surface area contributed by atoms with Crippen LogP contribution in [0, 0.1) is 0 Å². The van der Waals surface area contributed by atoms with Crippen molar-refractivity contribution in [1.29, 1.82) is 0 Å². The second-order valence-corrected chi connectivity index (χ2v) is 5.85. The van der Waals surface area contributed by atoms with Gasteiger partial charge < -0.3 is 9.84 Å². The highest BCUT2D eigenvalue weighted by atomic mass is 32.1. The molecule has 0 radical (unpaired) electrons. The Balaban J connectivity index is 1.67. The Labute approximate surface area is 128 Å². The van der Waals surface area contributed by atoms with E-state index in [1.165, 1.54) is 19.3 Å². The predicted octanol–water partition coefficient (Wildman–Crippen LogP) is 3.43. The number of unbranched alkanes of at least 4 members (excludes halogenated alkanes) is 3. The lowest BCUT2D eigenvalue weighted by molar-refractivity contribution is -0.121. The lowest BCUT2D eigenvalue weighted by Crippen LogP contribution is -2.24. The summed E-state index contributed by atoms with van der Waals surface area (Å²) in [6, 6.07) is 3.89. The van der Waals surface area contributed by atoms with Crippen molar-refractivity contribution in [2.75, 3.05) is 6.54 Å². The number of thiophene rings is 1. The van der Waals surface area contributed by atoms with E-state index in [4.69, 9.17) is 4.52 Å². The van der Waals surface area contributed by atoms with Gasteiger partial charge in [0.25, 0.3) is 0 Å². The molecular weight excluding hydrogens is 286 g/mol. The molecule has 2 aromatic rings. The Morgan fingerprint density at radius 2 is 2.29 bits per heavy atom. The number of nitrogens with one attached hydrogen (secondary N) is 1. The van der Waals surface area contributed by atoms with E-state index in [-0.39, 0.29) is 5.91 Å². The van der Waals surface area contributed by atoms with Crippen molar-refractivity contribution in [3.05, 3.63) is 23.4 Å². The molecule has 0 aliphatic heterocycles. The molecule has 0 aliphatic rings. The Bertz CT molecular complexity index is 537. The van der Waals surface area contributed by atoms with Gasteiger partial charge in [0.2, 0.25) is 17.6 Å². The zero-order valence-electron chi connectivity index (χ0n) is 12.3. The molecule has 2 rings (SSSR count). The maximum absolute atomic E-state index is 11.7. The monoisotopic (exact) mass is 307 g/mol. The van der Waals surface area contributed by atoms with Gasteiger partial charge in [-0.25, -0.2) is 0 Å². The van der Waals surface area contributed by atoms with Crippen LogP contribution in [0.3, 0.4) is 0 Å². The summed E-state index contributed by atoms with van der Waals surface area (Å²) in [5, 5.41) is 8.81. The Hall–Kier alpha value is -1.69. The number of rotatable bonds is 9. The summed E-state index contributed by atoms with van der Waals surface area (Å²) in [7, 11) is 0. The van der Waals surface area contributed by atoms with E-state index in [0.717, 1.165) is 17.8 Å². The number of hydrogen-bond acceptors (Lipinski definition) is 5. The molecule has 1 amide bonds. The topological polar surface area (TPSA) is 68.0 Å². The van der Waals surface area contributed by atoms with Gasteiger partial charge in [0, 0.05) is 19.4 Å². The average Bonchev–Trinajstić information content (AvgIpc) is 3.15. The lowest BCUT2D eigenvalue weighted by Gasteiger charge is -2.03. The van der Waals surface area contributed by atoms with Crippen molar-refractivity contribution >= 4 is 17.2 Å². The van der Waals surface area contributed by atoms with Gasteiger partial charge in [0.05, 0.1) is 4.88 Å². The fourth-order valence-corrected chi connectivity index (χ4v) is 2.60. The summed E-state index contributed by atoms with van der Waals surface area (Å²) in [5.41, 5.74) is 0. The number of carbonyl (C=O) groups excluding carboxylic acids is 1. The minimum absolute atomic E-state index is 0.0439. The van der Waals surface area contributed by atoms with Crippen LogP contribution in [0.25, 0.3) is 10.7 Å². The Kier molecular flexibility index (Phi) is 6.40. The number of nitrogens with zero attached hydrogens (tertiary/aromatic N) is 2. The van der Waals surface area contributed by atoms with Gasteiger partial charge in [-0.15, -0.1) is 11.3 Å². The van der Waals surface area contributed by atoms with E-state index >= 15 is 0 Å². The van der Waals surface area contributed by atoms with Crippen molar-refractivity contribution in [2.24, 2.45) is 0 Å². The van der Waals surface area contributed by atoms with Crippen LogP contribution in [-0.2, 0) is 11.2 Å². The molecule has 0 atom stereocenters.